The van der Waals surface area contributed by atoms with Gasteiger partial charge in [-0.2, -0.15) is 0 Å². The van der Waals surface area contributed by atoms with Crippen molar-refractivity contribution < 1.29 is 14.6 Å². The quantitative estimate of drug-likeness (QED) is 0.754. The second-order valence-corrected chi connectivity index (χ2v) is 5.91. The van der Waals surface area contributed by atoms with E-state index in [1.807, 2.05) is 24.3 Å². The van der Waals surface area contributed by atoms with Gasteiger partial charge in [0.15, 0.2) is 0 Å². The number of amides is 2. The average Bonchev–Trinajstić information content (AvgIpc) is 2.54. The predicted octanol–water partition coefficient (Wildman–Crippen LogP) is 2.18. The van der Waals surface area contributed by atoms with Gasteiger partial charge in [0.25, 0.3) is 0 Å². The van der Waals surface area contributed by atoms with Crippen LogP contribution in [0.2, 0.25) is 0 Å². The standard InChI is InChI=1S/C17H26N2O3/c1-22-12-14-6-4-5-13(9-14)10-18-17(21)19-16-8-3-2-7-15(16)11-20/h4-6,9,15-16,20H,2-3,7-8,10-12H2,1H3,(H2,18,19,21). The lowest BCUT2D eigenvalue weighted by Crippen LogP contribution is -2.47. The smallest absolute Gasteiger partial charge is 0.315 e. The van der Waals surface area contributed by atoms with Crippen molar-refractivity contribution in [3.8, 4) is 0 Å². The van der Waals surface area contributed by atoms with Crippen molar-refractivity contribution in [3.05, 3.63) is 35.4 Å². The number of methoxy groups -OCH3 is 1. The Hall–Kier alpha value is -1.59. The molecule has 0 spiro atoms. The van der Waals surface area contributed by atoms with Gasteiger partial charge in [0.05, 0.1) is 6.61 Å². The summed E-state index contributed by atoms with van der Waals surface area (Å²) in [6, 6.07) is 7.89. The molecule has 3 N–H and O–H groups in total. The molecule has 0 heterocycles. The van der Waals surface area contributed by atoms with Crippen LogP contribution in [0.15, 0.2) is 24.3 Å². The van der Waals surface area contributed by atoms with Crippen LogP contribution in [0.5, 0.6) is 0 Å². The number of rotatable bonds is 6. The summed E-state index contributed by atoms with van der Waals surface area (Å²) in [6.07, 6.45) is 4.18. The first-order valence-electron chi connectivity index (χ1n) is 7.95. The van der Waals surface area contributed by atoms with E-state index in [0.717, 1.165) is 36.8 Å². The Morgan fingerprint density at radius 1 is 1.32 bits per heavy atom. The summed E-state index contributed by atoms with van der Waals surface area (Å²) in [5.41, 5.74) is 2.14. The zero-order valence-electron chi connectivity index (χ0n) is 13.2. The molecular weight excluding hydrogens is 280 g/mol. The Kier molecular flexibility index (Phi) is 6.68. The highest BCUT2D eigenvalue weighted by atomic mass is 16.5. The molecule has 1 fully saturated rings. The van der Waals surface area contributed by atoms with Gasteiger partial charge in [0, 0.05) is 32.2 Å². The van der Waals surface area contributed by atoms with Crippen molar-refractivity contribution >= 4 is 6.03 Å². The molecular formula is C17H26N2O3. The fourth-order valence-corrected chi connectivity index (χ4v) is 3.01. The molecule has 0 bridgehead atoms. The maximum Gasteiger partial charge on any atom is 0.315 e. The van der Waals surface area contributed by atoms with E-state index in [-0.39, 0.29) is 24.6 Å². The number of urea groups is 1. The van der Waals surface area contributed by atoms with Crippen molar-refractivity contribution in [2.75, 3.05) is 13.7 Å². The molecule has 1 saturated carbocycles. The number of carbonyl (C=O) groups excluding carboxylic acids is 1. The van der Waals surface area contributed by atoms with Gasteiger partial charge in [-0.1, -0.05) is 37.1 Å². The summed E-state index contributed by atoms with van der Waals surface area (Å²) in [5, 5.41) is 15.3. The average molecular weight is 306 g/mol. The summed E-state index contributed by atoms with van der Waals surface area (Å²) in [4.78, 5) is 12.0. The monoisotopic (exact) mass is 306 g/mol. The van der Waals surface area contributed by atoms with E-state index in [2.05, 4.69) is 10.6 Å². The molecule has 0 radical (unpaired) electrons. The highest BCUT2D eigenvalue weighted by molar-refractivity contribution is 5.74. The Balaban J connectivity index is 1.80. The fraction of sp³-hybridized carbons (Fsp3) is 0.588. The maximum absolute atomic E-state index is 12.0. The summed E-state index contributed by atoms with van der Waals surface area (Å²) >= 11 is 0. The van der Waals surface area contributed by atoms with Gasteiger partial charge >= 0.3 is 6.03 Å². The van der Waals surface area contributed by atoms with Gasteiger partial charge in [-0.3, -0.25) is 0 Å². The van der Waals surface area contributed by atoms with Crippen LogP contribution in [0.1, 0.15) is 36.8 Å². The van der Waals surface area contributed by atoms with Crippen molar-refractivity contribution in [3.63, 3.8) is 0 Å². The van der Waals surface area contributed by atoms with Crippen LogP contribution in [0.4, 0.5) is 4.79 Å². The van der Waals surface area contributed by atoms with Crippen molar-refractivity contribution in [1.82, 2.24) is 10.6 Å². The van der Waals surface area contributed by atoms with Crippen LogP contribution in [-0.4, -0.2) is 30.9 Å². The number of aliphatic hydroxyl groups excluding tert-OH is 1. The highest BCUT2D eigenvalue weighted by Crippen LogP contribution is 2.23. The first-order chi connectivity index (χ1) is 10.7. The lowest BCUT2D eigenvalue weighted by molar-refractivity contribution is 0.153. The van der Waals surface area contributed by atoms with Crippen LogP contribution in [0, 0.1) is 5.92 Å². The Bertz CT molecular complexity index is 479. The molecule has 2 rings (SSSR count). The summed E-state index contributed by atoms with van der Waals surface area (Å²) in [7, 11) is 1.67. The van der Waals surface area contributed by atoms with Crippen LogP contribution >= 0.6 is 0 Å². The first-order valence-corrected chi connectivity index (χ1v) is 7.95. The van der Waals surface area contributed by atoms with Gasteiger partial charge in [-0.05, 0) is 24.0 Å². The number of ether oxygens (including phenoxy) is 1. The minimum Gasteiger partial charge on any atom is -0.396 e. The van der Waals surface area contributed by atoms with Gasteiger partial charge in [-0.25, -0.2) is 4.79 Å². The van der Waals surface area contributed by atoms with Crippen LogP contribution < -0.4 is 10.6 Å². The van der Waals surface area contributed by atoms with Gasteiger partial charge < -0.3 is 20.5 Å². The minimum absolute atomic E-state index is 0.0820. The second-order valence-electron chi connectivity index (χ2n) is 5.91. The lowest BCUT2D eigenvalue weighted by atomic mass is 9.85. The molecule has 2 atom stereocenters. The SMILES string of the molecule is COCc1cccc(CNC(=O)NC2CCCCC2CO)c1. The van der Waals surface area contributed by atoms with Gasteiger partial charge in [0.1, 0.15) is 0 Å². The highest BCUT2D eigenvalue weighted by Gasteiger charge is 2.25. The molecule has 1 aliphatic rings. The maximum atomic E-state index is 12.0. The third-order valence-corrected chi connectivity index (χ3v) is 4.22. The normalized spacial score (nSPS) is 21.4. The zero-order valence-corrected chi connectivity index (χ0v) is 13.2. The topological polar surface area (TPSA) is 70.6 Å². The number of hydrogen-bond acceptors (Lipinski definition) is 3. The van der Waals surface area contributed by atoms with Crippen molar-refractivity contribution in [2.45, 2.75) is 44.9 Å². The molecule has 122 valence electrons. The molecule has 1 aromatic rings. The molecule has 2 amide bonds. The molecule has 1 aromatic carbocycles. The van der Waals surface area contributed by atoms with Crippen molar-refractivity contribution in [2.24, 2.45) is 5.92 Å². The van der Waals surface area contributed by atoms with E-state index in [0.29, 0.717) is 13.2 Å². The predicted molar refractivity (Wildman–Crippen MR) is 85.4 cm³/mol. The van der Waals surface area contributed by atoms with E-state index >= 15 is 0 Å². The molecule has 0 aliphatic heterocycles. The number of hydrogen-bond donors (Lipinski definition) is 3. The number of carbonyl (C=O) groups is 1. The van der Waals surface area contributed by atoms with E-state index in [9.17, 15) is 9.90 Å². The van der Waals surface area contributed by atoms with Crippen LogP contribution in [-0.2, 0) is 17.9 Å². The Labute approximate surface area is 132 Å². The molecule has 5 heteroatoms. The van der Waals surface area contributed by atoms with E-state index in [1.54, 1.807) is 7.11 Å². The molecule has 0 aromatic heterocycles. The minimum atomic E-state index is -0.164. The van der Waals surface area contributed by atoms with Gasteiger partial charge in [-0.15, -0.1) is 0 Å². The summed E-state index contributed by atoms with van der Waals surface area (Å²) < 4.78 is 5.11. The lowest BCUT2D eigenvalue weighted by Gasteiger charge is -2.30. The number of aliphatic hydroxyl groups is 1. The molecule has 1 aliphatic carbocycles. The van der Waals surface area contributed by atoms with Crippen LogP contribution in [0.25, 0.3) is 0 Å². The number of benzene rings is 1. The third-order valence-electron chi connectivity index (χ3n) is 4.22. The van der Waals surface area contributed by atoms with E-state index in [4.69, 9.17) is 4.74 Å². The largest absolute Gasteiger partial charge is 0.396 e. The second kappa shape index (κ2) is 8.76. The molecule has 0 saturated heterocycles. The summed E-state index contributed by atoms with van der Waals surface area (Å²) in [6.45, 7) is 1.20. The summed E-state index contributed by atoms with van der Waals surface area (Å²) in [5.74, 6) is 0.185. The molecule has 22 heavy (non-hydrogen) atoms. The first kappa shape index (κ1) is 16.8. The Morgan fingerprint density at radius 2 is 2.09 bits per heavy atom. The fourth-order valence-electron chi connectivity index (χ4n) is 3.01. The van der Waals surface area contributed by atoms with E-state index in [1.165, 1.54) is 0 Å². The number of nitrogens with one attached hydrogen (secondary N) is 2. The van der Waals surface area contributed by atoms with E-state index < -0.39 is 0 Å². The third kappa shape index (κ3) is 5.00. The Morgan fingerprint density at radius 3 is 2.86 bits per heavy atom. The molecule has 2 unspecified atom stereocenters. The van der Waals surface area contributed by atoms with Crippen molar-refractivity contribution in [1.29, 1.82) is 0 Å². The molecule has 5 nitrogen and oxygen atoms in total. The van der Waals surface area contributed by atoms with Crippen LogP contribution in [0.3, 0.4) is 0 Å². The van der Waals surface area contributed by atoms with Gasteiger partial charge in [0.2, 0.25) is 0 Å². The zero-order chi connectivity index (χ0) is 15.8.